The summed E-state index contributed by atoms with van der Waals surface area (Å²) in [6, 6.07) is 2.41. The Hall–Kier alpha value is -1.66. The van der Waals surface area contributed by atoms with Crippen molar-refractivity contribution in [2.24, 2.45) is 5.73 Å². The van der Waals surface area contributed by atoms with Crippen LogP contribution in [0.1, 0.15) is 10.4 Å². The van der Waals surface area contributed by atoms with Crippen molar-refractivity contribution in [3.8, 4) is 0 Å². The zero-order chi connectivity index (χ0) is 13.1. The molecule has 2 rings (SSSR count). The minimum atomic E-state index is -0.762. The average Bonchev–Trinajstić information content (AvgIpc) is 2.38. The highest BCUT2D eigenvalue weighted by molar-refractivity contribution is 6.32. The first kappa shape index (κ1) is 12.8. The number of primary amides is 1. The minimum Gasteiger partial charge on any atom is -0.377 e. The molecule has 0 radical (unpaired) electrons. The molecule has 1 fully saturated rings. The van der Waals surface area contributed by atoms with Crippen molar-refractivity contribution in [3.05, 3.63) is 29.0 Å². The number of ether oxygens (including phenoxy) is 1. The summed E-state index contributed by atoms with van der Waals surface area (Å²) in [5.74, 6) is -0.955. The molecule has 2 amide bonds. The lowest BCUT2D eigenvalue weighted by molar-refractivity contribution is -0.127. The Morgan fingerprint density at radius 1 is 1.56 bits per heavy atom. The summed E-state index contributed by atoms with van der Waals surface area (Å²) in [6.07, 6.45) is 1.49. The number of nitrogens with two attached hydrogens (primary N) is 1. The van der Waals surface area contributed by atoms with Crippen LogP contribution in [-0.4, -0.2) is 47.5 Å². The minimum absolute atomic E-state index is 0.109. The van der Waals surface area contributed by atoms with Crippen LogP contribution in [0, 0.1) is 0 Å². The Morgan fingerprint density at radius 3 is 3.00 bits per heavy atom. The maximum Gasteiger partial charge on any atom is 0.257 e. The van der Waals surface area contributed by atoms with Crippen LogP contribution in [0.2, 0.25) is 5.15 Å². The molecule has 1 unspecified atom stereocenters. The van der Waals surface area contributed by atoms with Gasteiger partial charge in [-0.25, -0.2) is 4.98 Å². The highest BCUT2D eigenvalue weighted by Crippen LogP contribution is 2.17. The predicted octanol–water partition coefficient (Wildman–Crippen LogP) is 0.0613. The number of rotatable bonds is 2. The summed E-state index contributed by atoms with van der Waals surface area (Å²) >= 11 is 5.86. The number of carbonyl (C=O) groups is 2. The van der Waals surface area contributed by atoms with Gasteiger partial charge in [0.25, 0.3) is 5.91 Å². The van der Waals surface area contributed by atoms with Crippen LogP contribution in [0.3, 0.4) is 0 Å². The number of hydrogen-bond acceptors (Lipinski definition) is 4. The molecule has 1 aromatic heterocycles. The third kappa shape index (κ3) is 2.44. The van der Waals surface area contributed by atoms with E-state index in [2.05, 4.69) is 4.98 Å². The molecule has 0 saturated carbocycles. The van der Waals surface area contributed by atoms with E-state index in [-0.39, 0.29) is 23.2 Å². The smallest absolute Gasteiger partial charge is 0.257 e. The van der Waals surface area contributed by atoms with Gasteiger partial charge in [-0.15, -0.1) is 0 Å². The molecule has 6 nitrogen and oxygen atoms in total. The summed E-state index contributed by atoms with van der Waals surface area (Å²) in [6.45, 7) is 0.782. The van der Waals surface area contributed by atoms with E-state index in [9.17, 15) is 9.59 Å². The maximum atomic E-state index is 12.3. The zero-order valence-electron chi connectivity index (χ0n) is 9.51. The fraction of sp³-hybridized carbons (Fsp3) is 0.364. The molecule has 1 atom stereocenters. The van der Waals surface area contributed by atoms with Gasteiger partial charge in [-0.1, -0.05) is 11.6 Å². The van der Waals surface area contributed by atoms with Gasteiger partial charge in [0, 0.05) is 12.7 Å². The van der Waals surface area contributed by atoms with Crippen LogP contribution in [0.25, 0.3) is 0 Å². The average molecular weight is 270 g/mol. The summed E-state index contributed by atoms with van der Waals surface area (Å²) in [7, 11) is 0. The maximum absolute atomic E-state index is 12.3. The van der Waals surface area contributed by atoms with Gasteiger partial charge in [0.2, 0.25) is 5.91 Å². The number of hydrogen-bond donors (Lipinski definition) is 1. The zero-order valence-corrected chi connectivity index (χ0v) is 10.3. The van der Waals surface area contributed by atoms with Crippen LogP contribution in [-0.2, 0) is 9.53 Å². The van der Waals surface area contributed by atoms with Gasteiger partial charge in [0.15, 0.2) is 0 Å². The summed E-state index contributed by atoms with van der Waals surface area (Å²) < 4.78 is 5.15. The predicted molar refractivity (Wildman–Crippen MR) is 64.1 cm³/mol. The fourth-order valence-corrected chi connectivity index (χ4v) is 1.98. The van der Waals surface area contributed by atoms with E-state index in [1.54, 1.807) is 12.1 Å². The number of carbonyl (C=O) groups excluding carboxylic acids is 2. The van der Waals surface area contributed by atoms with Crippen molar-refractivity contribution in [3.63, 3.8) is 0 Å². The largest absolute Gasteiger partial charge is 0.377 e. The molecule has 0 aliphatic carbocycles. The van der Waals surface area contributed by atoms with E-state index in [4.69, 9.17) is 22.1 Å². The van der Waals surface area contributed by atoms with Crippen molar-refractivity contribution < 1.29 is 14.3 Å². The van der Waals surface area contributed by atoms with Gasteiger partial charge in [-0.3, -0.25) is 9.59 Å². The molecule has 18 heavy (non-hydrogen) atoms. The van der Waals surface area contributed by atoms with Crippen LogP contribution < -0.4 is 5.73 Å². The second-order valence-corrected chi connectivity index (χ2v) is 4.19. The molecule has 96 valence electrons. The van der Waals surface area contributed by atoms with Crippen LogP contribution in [0.5, 0.6) is 0 Å². The van der Waals surface area contributed by atoms with E-state index < -0.39 is 11.9 Å². The molecule has 0 bridgehead atoms. The van der Waals surface area contributed by atoms with Crippen molar-refractivity contribution >= 4 is 23.4 Å². The number of aromatic nitrogens is 1. The Balaban J connectivity index is 2.27. The summed E-state index contributed by atoms with van der Waals surface area (Å²) in [5.41, 5.74) is 5.51. The van der Waals surface area contributed by atoms with Gasteiger partial charge < -0.3 is 15.4 Å². The van der Waals surface area contributed by atoms with Crippen molar-refractivity contribution in [1.29, 1.82) is 0 Å². The van der Waals surface area contributed by atoms with Crippen LogP contribution in [0.4, 0.5) is 0 Å². The van der Waals surface area contributed by atoms with Crippen molar-refractivity contribution in [2.75, 3.05) is 19.8 Å². The molecule has 0 spiro atoms. The lowest BCUT2D eigenvalue weighted by Crippen LogP contribution is -2.54. The van der Waals surface area contributed by atoms with E-state index in [1.165, 1.54) is 11.1 Å². The van der Waals surface area contributed by atoms with Crippen molar-refractivity contribution in [2.45, 2.75) is 6.04 Å². The molecule has 7 heteroatoms. The first-order valence-corrected chi connectivity index (χ1v) is 5.77. The Morgan fingerprint density at radius 2 is 2.33 bits per heavy atom. The topological polar surface area (TPSA) is 85.5 Å². The lowest BCUT2D eigenvalue weighted by atomic mass is 10.1. The molecule has 2 N–H and O–H groups in total. The Bertz CT molecular complexity index is 480. The first-order chi connectivity index (χ1) is 8.61. The fourth-order valence-electron chi connectivity index (χ4n) is 1.78. The number of pyridine rings is 1. The van der Waals surface area contributed by atoms with Gasteiger partial charge in [0.05, 0.1) is 18.8 Å². The van der Waals surface area contributed by atoms with E-state index in [0.717, 1.165) is 0 Å². The number of nitrogens with zero attached hydrogens (tertiary/aromatic N) is 2. The van der Waals surface area contributed by atoms with Crippen LogP contribution in [0.15, 0.2) is 18.3 Å². The standard InChI is InChI=1S/C11H12ClN3O3/c12-9-7(2-1-3-14-9)11(17)15-4-5-18-6-8(15)10(13)16/h1-3,8H,4-6H2,(H2,13,16). The van der Waals surface area contributed by atoms with E-state index >= 15 is 0 Å². The first-order valence-electron chi connectivity index (χ1n) is 5.40. The second-order valence-electron chi connectivity index (χ2n) is 3.83. The molecular weight excluding hydrogens is 258 g/mol. The molecule has 1 aliphatic rings. The van der Waals surface area contributed by atoms with Gasteiger partial charge in [-0.2, -0.15) is 0 Å². The highest BCUT2D eigenvalue weighted by atomic mass is 35.5. The monoisotopic (exact) mass is 269 g/mol. The molecule has 1 saturated heterocycles. The summed E-state index contributed by atoms with van der Waals surface area (Å²) in [5, 5.41) is 0.109. The number of halogens is 1. The van der Waals surface area contributed by atoms with Gasteiger partial charge >= 0.3 is 0 Å². The molecular formula is C11H12ClN3O3. The second kappa shape index (κ2) is 5.32. The van der Waals surface area contributed by atoms with Crippen molar-refractivity contribution in [1.82, 2.24) is 9.88 Å². The Kier molecular flexibility index (Phi) is 3.78. The quantitative estimate of drug-likeness (QED) is 0.770. The van der Waals surface area contributed by atoms with Gasteiger partial charge in [0.1, 0.15) is 11.2 Å². The molecule has 2 heterocycles. The number of morpholine rings is 1. The molecule has 1 aliphatic heterocycles. The van der Waals surface area contributed by atoms with E-state index in [1.807, 2.05) is 0 Å². The normalized spacial score (nSPS) is 19.6. The molecule has 0 aromatic carbocycles. The lowest BCUT2D eigenvalue weighted by Gasteiger charge is -2.33. The summed E-state index contributed by atoms with van der Waals surface area (Å²) in [4.78, 5) is 28.8. The van der Waals surface area contributed by atoms with Crippen LogP contribution >= 0.6 is 11.6 Å². The molecule has 1 aromatic rings. The number of amides is 2. The third-order valence-corrected chi connectivity index (χ3v) is 3.01. The highest BCUT2D eigenvalue weighted by Gasteiger charge is 2.32. The van der Waals surface area contributed by atoms with Gasteiger partial charge in [-0.05, 0) is 12.1 Å². The van der Waals surface area contributed by atoms with E-state index in [0.29, 0.717) is 13.2 Å². The third-order valence-electron chi connectivity index (χ3n) is 2.71. The SMILES string of the molecule is NC(=O)C1COCCN1C(=O)c1cccnc1Cl. The Labute approximate surface area is 109 Å².